The van der Waals surface area contributed by atoms with Gasteiger partial charge in [0.05, 0.1) is 11.0 Å². The van der Waals surface area contributed by atoms with Crippen LogP contribution < -0.4 is 11.2 Å². The van der Waals surface area contributed by atoms with E-state index in [1.807, 2.05) is 0 Å². The van der Waals surface area contributed by atoms with Gasteiger partial charge in [-0.3, -0.25) is 10.2 Å². The van der Waals surface area contributed by atoms with Crippen LogP contribution in [0, 0.1) is 5.41 Å². The molecular weight excluding hydrogens is 192 g/mol. The lowest BCUT2D eigenvalue weighted by Gasteiger charge is -2.01. The van der Waals surface area contributed by atoms with Gasteiger partial charge < -0.3 is 10.7 Å². The van der Waals surface area contributed by atoms with E-state index in [-0.39, 0.29) is 17.1 Å². The van der Waals surface area contributed by atoms with Gasteiger partial charge in [0.25, 0.3) is 0 Å². The first kappa shape index (κ1) is 9.39. The number of H-pyrrole nitrogens is 1. The summed E-state index contributed by atoms with van der Waals surface area (Å²) in [5.41, 5.74) is 7.45. The van der Waals surface area contributed by atoms with Gasteiger partial charge >= 0.3 is 0 Å². The molecule has 0 amide bonds. The molecule has 5 heteroatoms. The minimum absolute atomic E-state index is 0.0211. The van der Waals surface area contributed by atoms with E-state index in [0.29, 0.717) is 16.6 Å². The fourth-order valence-electron chi connectivity index (χ4n) is 1.33. The zero-order valence-electron chi connectivity index (χ0n) is 8.16. The maximum atomic E-state index is 11.1. The number of hydrogen-bond acceptors (Lipinski definition) is 4. The highest BCUT2D eigenvalue weighted by Crippen LogP contribution is 2.11. The average molecular weight is 202 g/mol. The number of aromatic nitrogens is 2. The van der Waals surface area contributed by atoms with Gasteiger partial charge in [-0.2, -0.15) is 0 Å². The van der Waals surface area contributed by atoms with Crippen LogP contribution in [0.25, 0.3) is 11.0 Å². The summed E-state index contributed by atoms with van der Waals surface area (Å²) >= 11 is 0. The third kappa shape index (κ3) is 1.59. The summed E-state index contributed by atoms with van der Waals surface area (Å²) < 4.78 is 0. The van der Waals surface area contributed by atoms with Gasteiger partial charge in [0.15, 0.2) is 17.1 Å². The van der Waals surface area contributed by atoms with Crippen LogP contribution in [-0.2, 0) is 0 Å². The van der Waals surface area contributed by atoms with Crippen molar-refractivity contribution in [3.63, 3.8) is 0 Å². The largest absolute Gasteiger partial charge is 0.381 e. The van der Waals surface area contributed by atoms with Gasteiger partial charge in [-0.1, -0.05) is 0 Å². The quantitative estimate of drug-likeness (QED) is 0.597. The van der Waals surface area contributed by atoms with Gasteiger partial charge in [-0.25, -0.2) is 4.98 Å². The summed E-state index contributed by atoms with van der Waals surface area (Å²) in [7, 11) is 0. The molecule has 0 unspecified atom stereocenters. The lowest BCUT2D eigenvalue weighted by molar-refractivity contribution is 0.101. The molecule has 1 aromatic heterocycles. The fourth-order valence-corrected chi connectivity index (χ4v) is 1.33. The Labute approximate surface area is 85.5 Å². The molecule has 0 spiro atoms. The maximum Gasteiger partial charge on any atom is 0.166 e. The smallest absolute Gasteiger partial charge is 0.166 e. The molecule has 0 aliphatic heterocycles. The molecule has 4 N–H and O–H groups in total. The Bertz CT molecular complexity index is 600. The van der Waals surface area contributed by atoms with Crippen LogP contribution in [0.4, 0.5) is 5.82 Å². The van der Waals surface area contributed by atoms with Crippen LogP contribution >= 0.6 is 0 Å². The van der Waals surface area contributed by atoms with Crippen molar-refractivity contribution < 1.29 is 4.79 Å². The first-order valence-corrected chi connectivity index (χ1v) is 4.43. The van der Waals surface area contributed by atoms with Gasteiger partial charge in [0.2, 0.25) is 0 Å². The van der Waals surface area contributed by atoms with E-state index in [9.17, 15) is 4.79 Å². The second kappa shape index (κ2) is 3.20. The third-order valence-corrected chi connectivity index (χ3v) is 2.16. The summed E-state index contributed by atoms with van der Waals surface area (Å²) in [6.45, 7) is 1.49. The molecule has 0 saturated carbocycles. The average Bonchev–Trinajstić information content (AvgIpc) is 2.19. The number of nitrogens with two attached hydrogens (primary N) is 1. The molecule has 0 fully saturated rings. The van der Waals surface area contributed by atoms with Crippen LogP contribution in [0.2, 0.25) is 0 Å². The Kier molecular flexibility index (Phi) is 2.00. The molecule has 0 atom stereocenters. The van der Waals surface area contributed by atoms with Gasteiger partial charge in [-0.05, 0) is 25.1 Å². The highest BCUT2D eigenvalue weighted by atomic mass is 16.1. The van der Waals surface area contributed by atoms with Crippen molar-refractivity contribution >= 4 is 22.6 Å². The molecule has 0 aliphatic rings. The summed E-state index contributed by atoms with van der Waals surface area (Å²) in [5, 5.41) is 7.43. The molecule has 0 bridgehead atoms. The SMILES string of the molecule is CC(=O)c1ccc2[nH]c(=N)c(N)nc2c1. The molecule has 76 valence electrons. The number of anilines is 1. The zero-order chi connectivity index (χ0) is 11.0. The van der Waals surface area contributed by atoms with Crippen molar-refractivity contribution in [2.24, 2.45) is 0 Å². The van der Waals surface area contributed by atoms with Crippen molar-refractivity contribution in [2.45, 2.75) is 6.92 Å². The fraction of sp³-hybridized carbons (Fsp3) is 0.100. The zero-order valence-corrected chi connectivity index (χ0v) is 8.16. The van der Waals surface area contributed by atoms with E-state index in [2.05, 4.69) is 9.97 Å². The first-order chi connectivity index (χ1) is 7.08. The molecular formula is C10H10N4O. The van der Waals surface area contributed by atoms with Crippen molar-refractivity contribution in [1.82, 2.24) is 9.97 Å². The van der Waals surface area contributed by atoms with E-state index < -0.39 is 0 Å². The molecule has 0 radical (unpaired) electrons. The van der Waals surface area contributed by atoms with E-state index in [4.69, 9.17) is 11.1 Å². The minimum atomic E-state index is -0.0211. The number of carbonyl (C=O) groups is 1. The molecule has 15 heavy (non-hydrogen) atoms. The third-order valence-electron chi connectivity index (χ3n) is 2.16. The monoisotopic (exact) mass is 202 g/mol. The number of fused-ring (bicyclic) bond motifs is 1. The van der Waals surface area contributed by atoms with Gasteiger partial charge in [-0.15, -0.1) is 0 Å². The number of hydrogen-bond donors (Lipinski definition) is 3. The lowest BCUT2D eigenvalue weighted by atomic mass is 10.1. The summed E-state index contributed by atoms with van der Waals surface area (Å²) in [4.78, 5) is 18.0. The predicted octanol–water partition coefficient (Wildman–Crippen LogP) is 0.827. The van der Waals surface area contributed by atoms with Crippen molar-refractivity contribution in [3.8, 4) is 0 Å². The summed E-state index contributed by atoms with van der Waals surface area (Å²) in [6.07, 6.45) is 0. The van der Waals surface area contributed by atoms with E-state index in [1.165, 1.54) is 6.92 Å². The second-order valence-electron chi connectivity index (χ2n) is 3.29. The molecule has 0 aliphatic carbocycles. The number of benzene rings is 1. The van der Waals surface area contributed by atoms with Crippen LogP contribution in [0.3, 0.4) is 0 Å². The van der Waals surface area contributed by atoms with E-state index in [1.54, 1.807) is 18.2 Å². The Morgan fingerprint density at radius 1 is 1.53 bits per heavy atom. The number of ketones is 1. The number of nitrogens with one attached hydrogen (secondary N) is 2. The number of carbonyl (C=O) groups excluding carboxylic acids is 1. The molecule has 2 rings (SSSR count). The highest BCUT2D eigenvalue weighted by molar-refractivity contribution is 5.97. The highest BCUT2D eigenvalue weighted by Gasteiger charge is 2.03. The van der Waals surface area contributed by atoms with Crippen LogP contribution in [0.5, 0.6) is 0 Å². The molecule has 5 nitrogen and oxygen atoms in total. The number of nitrogens with zero attached hydrogens (tertiary/aromatic N) is 1. The normalized spacial score (nSPS) is 10.5. The Hall–Kier alpha value is -2.17. The Balaban J connectivity index is 2.77. The number of nitrogen functional groups attached to an aromatic ring is 1. The van der Waals surface area contributed by atoms with Crippen LogP contribution in [0.15, 0.2) is 18.2 Å². The standard InChI is InChI=1S/C10H10N4O/c1-5(15)6-2-3-7-8(4-6)14-10(12)9(11)13-7/h2-4H,1H3,(H2,11,13)(H2,12,14). The molecule has 1 heterocycles. The number of rotatable bonds is 1. The van der Waals surface area contributed by atoms with E-state index >= 15 is 0 Å². The topological polar surface area (TPSA) is 95.6 Å². The number of Topliss-reactive ketones (excluding diaryl/α,β-unsaturated/α-hetero) is 1. The van der Waals surface area contributed by atoms with Crippen molar-refractivity contribution in [3.05, 3.63) is 29.3 Å². The molecule has 1 aromatic carbocycles. The minimum Gasteiger partial charge on any atom is -0.381 e. The second-order valence-corrected chi connectivity index (χ2v) is 3.29. The van der Waals surface area contributed by atoms with E-state index in [0.717, 1.165) is 0 Å². The van der Waals surface area contributed by atoms with Gasteiger partial charge in [0, 0.05) is 5.56 Å². The first-order valence-electron chi connectivity index (χ1n) is 4.43. The predicted molar refractivity (Wildman–Crippen MR) is 56.4 cm³/mol. The van der Waals surface area contributed by atoms with Crippen molar-refractivity contribution in [1.29, 1.82) is 5.41 Å². The summed E-state index contributed by atoms with van der Waals surface area (Å²) in [5.74, 6) is 0.107. The van der Waals surface area contributed by atoms with Crippen LogP contribution in [0.1, 0.15) is 17.3 Å². The maximum absolute atomic E-state index is 11.1. The Morgan fingerprint density at radius 2 is 2.27 bits per heavy atom. The van der Waals surface area contributed by atoms with Gasteiger partial charge in [0.1, 0.15) is 0 Å². The number of aromatic amines is 1. The van der Waals surface area contributed by atoms with Crippen molar-refractivity contribution in [2.75, 3.05) is 5.73 Å². The van der Waals surface area contributed by atoms with Crippen LogP contribution in [-0.4, -0.2) is 15.8 Å². The molecule has 2 aromatic rings. The molecule has 0 saturated heterocycles. The lowest BCUT2D eigenvalue weighted by Crippen LogP contribution is -2.14. The summed E-state index contributed by atoms with van der Waals surface area (Å²) in [6, 6.07) is 5.07. The Morgan fingerprint density at radius 3 is 2.93 bits per heavy atom.